The molecular weight excluding hydrogens is 282 g/mol. The zero-order chi connectivity index (χ0) is 16.2. The summed E-state index contributed by atoms with van der Waals surface area (Å²) in [5.74, 6) is 0.759. The summed E-state index contributed by atoms with van der Waals surface area (Å²) in [5, 5.41) is 3.38. The molecule has 1 aliphatic rings. The lowest BCUT2D eigenvalue weighted by atomic mass is 9.98. The van der Waals surface area contributed by atoms with Crippen LogP contribution in [0.15, 0.2) is 4.99 Å². The molecular formula is C16H31N3O3. The van der Waals surface area contributed by atoms with Crippen molar-refractivity contribution in [3.63, 3.8) is 0 Å². The molecule has 1 saturated heterocycles. The minimum Gasteiger partial charge on any atom is -0.466 e. The topological polar surface area (TPSA) is 63.2 Å². The quantitative estimate of drug-likeness (QED) is 0.319. The number of likely N-dealkylation sites (tertiary alicyclic amines) is 1. The van der Waals surface area contributed by atoms with E-state index in [1.807, 2.05) is 13.8 Å². The maximum absolute atomic E-state index is 11.9. The van der Waals surface area contributed by atoms with Gasteiger partial charge in [-0.1, -0.05) is 0 Å². The van der Waals surface area contributed by atoms with Crippen molar-refractivity contribution < 1.29 is 14.3 Å². The lowest BCUT2D eigenvalue weighted by molar-refractivity contribution is -0.149. The first-order chi connectivity index (χ1) is 10.7. The highest BCUT2D eigenvalue weighted by Crippen LogP contribution is 2.18. The summed E-state index contributed by atoms with van der Waals surface area (Å²) in [6.45, 7) is 8.40. The van der Waals surface area contributed by atoms with Crippen molar-refractivity contribution in [2.45, 2.75) is 39.5 Å². The summed E-state index contributed by atoms with van der Waals surface area (Å²) in [4.78, 5) is 18.4. The van der Waals surface area contributed by atoms with Gasteiger partial charge in [0.1, 0.15) is 0 Å². The number of nitrogens with zero attached hydrogens (tertiary/aromatic N) is 2. The minimum absolute atomic E-state index is 0.0368. The predicted molar refractivity (Wildman–Crippen MR) is 88.0 cm³/mol. The number of ether oxygens (including phenoxy) is 2. The van der Waals surface area contributed by atoms with Crippen LogP contribution in [0.5, 0.6) is 0 Å². The normalized spacial score (nSPS) is 19.1. The highest BCUT2D eigenvalue weighted by molar-refractivity contribution is 5.81. The summed E-state index contributed by atoms with van der Waals surface area (Å²) in [6.07, 6.45) is 3.99. The molecule has 1 fully saturated rings. The van der Waals surface area contributed by atoms with E-state index < -0.39 is 0 Å². The Balaban J connectivity index is 2.34. The molecule has 0 radical (unpaired) electrons. The van der Waals surface area contributed by atoms with Crippen molar-refractivity contribution in [2.75, 3.05) is 46.5 Å². The second-order valence-corrected chi connectivity index (χ2v) is 5.42. The number of hydrogen-bond donors (Lipinski definition) is 1. The number of carbonyl (C=O) groups excluding carboxylic acids is 1. The third-order valence-electron chi connectivity index (χ3n) is 3.76. The number of hydrogen-bond acceptors (Lipinski definition) is 4. The summed E-state index contributed by atoms with van der Waals surface area (Å²) >= 11 is 0. The molecule has 0 amide bonds. The van der Waals surface area contributed by atoms with E-state index in [1.165, 1.54) is 0 Å². The zero-order valence-corrected chi connectivity index (χ0v) is 14.3. The molecule has 128 valence electrons. The molecule has 1 rings (SSSR count). The molecule has 1 atom stereocenters. The van der Waals surface area contributed by atoms with Gasteiger partial charge in [0.15, 0.2) is 5.96 Å². The van der Waals surface area contributed by atoms with Crippen LogP contribution in [0.1, 0.15) is 39.5 Å². The average molecular weight is 313 g/mol. The fourth-order valence-corrected chi connectivity index (χ4v) is 2.63. The summed E-state index contributed by atoms with van der Waals surface area (Å²) in [6, 6.07) is 0. The van der Waals surface area contributed by atoms with Gasteiger partial charge in [-0.15, -0.1) is 0 Å². The van der Waals surface area contributed by atoms with Gasteiger partial charge in [-0.2, -0.15) is 0 Å². The first kappa shape index (κ1) is 18.7. The van der Waals surface area contributed by atoms with E-state index in [4.69, 9.17) is 9.47 Å². The minimum atomic E-state index is -0.0839. The van der Waals surface area contributed by atoms with Crippen LogP contribution in [-0.4, -0.2) is 63.3 Å². The zero-order valence-electron chi connectivity index (χ0n) is 14.3. The summed E-state index contributed by atoms with van der Waals surface area (Å²) in [5.41, 5.74) is 0. The lowest BCUT2D eigenvalue weighted by Gasteiger charge is -2.33. The molecule has 0 spiro atoms. The standard InChI is InChI=1S/C16H31N3O3/c1-4-21-12-7-6-10-18-16(17-3)19-11-8-9-14(13-19)15(20)22-5-2/h14H,4-13H2,1-3H3,(H,17,18). The molecule has 0 aromatic carbocycles. The van der Waals surface area contributed by atoms with Gasteiger partial charge in [-0.25, -0.2) is 0 Å². The smallest absolute Gasteiger partial charge is 0.310 e. The number of piperidine rings is 1. The number of guanidine groups is 1. The van der Waals surface area contributed by atoms with Gasteiger partial charge in [0.2, 0.25) is 0 Å². The van der Waals surface area contributed by atoms with Gasteiger partial charge in [0.25, 0.3) is 0 Å². The van der Waals surface area contributed by atoms with E-state index in [0.29, 0.717) is 13.2 Å². The maximum atomic E-state index is 11.9. The van der Waals surface area contributed by atoms with Crippen LogP contribution in [0, 0.1) is 5.92 Å². The fourth-order valence-electron chi connectivity index (χ4n) is 2.63. The Kier molecular flexibility index (Phi) is 9.62. The van der Waals surface area contributed by atoms with Crippen LogP contribution >= 0.6 is 0 Å². The van der Waals surface area contributed by atoms with Crippen LogP contribution < -0.4 is 5.32 Å². The third kappa shape index (κ3) is 6.64. The van der Waals surface area contributed by atoms with Gasteiger partial charge < -0.3 is 19.7 Å². The average Bonchev–Trinajstić information content (AvgIpc) is 2.54. The molecule has 1 unspecified atom stereocenters. The Hall–Kier alpha value is -1.30. The first-order valence-electron chi connectivity index (χ1n) is 8.42. The van der Waals surface area contributed by atoms with Crippen molar-refractivity contribution in [3.05, 3.63) is 0 Å². The van der Waals surface area contributed by atoms with Crippen LogP contribution in [0.3, 0.4) is 0 Å². The van der Waals surface area contributed by atoms with Crippen LogP contribution in [-0.2, 0) is 14.3 Å². The van der Waals surface area contributed by atoms with E-state index in [-0.39, 0.29) is 11.9 Å². The number of rotatable bonds is 8. The molecule has 0 aromatic rings. The SMILES string of the molecule is CCOCCCCNC(=NC)N1CCCC(C(=O)OCC)C1. The van der Waals surface area contributed by atoms with Gasteiger partial charge in [0, 0.05) is 39.9 Å². The molecule has 1 aliphatic heterocycles. The lowest BCUT2D eigenvalue weighted by Crippen LogP contribution is -2.48. The number of unbranched alkanes of at least 4 members (excludes halogenated alkanes) is 1. The molecule has 0 aromatic heterocycles. The second kappa shape index (κ2) is 11.3. The number of nitrogens with one attached hydrogen (secondary N) is 1. The third-order valence-corrected chi connectivity index (χ3v) is 3.76. The van der Waals surface area contributed by atoms with E-state index in [0.717, 1.165) is 57.9 Å². The van der Waals surface area contributed by atoms with Crippen LogP contribution in [0.2, 0.25) is 0 Å². The van der Waals surface area contributed by atoms with Gasteiger partial charge >= 0.3 is 5.97 Å². The Morgan fingerprint density at radius 2 is 2.14 bits per heavy atom. The van der Waals surface area contributed by atoms with Crippen LogP contribution in [0.25, 0.3) is 0 Å². The van der Waals surface area contributed by atoms with Crippen LogP contribution in [0.4, 0.5) is 0 Å². The molecule has 6 heteroatoms. The number of aliphatic imine (C=N–C) groups is 1. The van der Waals surface area contributed by atoms with E-state index in [9.17, 15) is 4.79 Å². The van der Waals surface area contributed by atoms with Crippen molar-refractivity contribution in [1.82, 2.24) is 10.2 Å². The number of carbonyl (C=O) groups is 1. The molecule has 1 heterocycles. The van der Waals surface area contributed by atoms with E-state index in [2.05, 4.69) is 15.2 Å². The van der Waals surface area contributed by atoms with Gasteiger partial charge in [0.05, 0.1) is 12.5 Å². The van der Waals surface area contributed by atoms with E-state index in [1.54, 1.807) is 7.05 Å². The summed E-state index contributed by atoms with van der Waals surface area (Å²) < 4.78 is 10.5. The Labute approximate surface area is 134 Å². The van der Waals surface area contributed by atoms with Crippen molar-refractivity contribution >= 4 is 11.9 Å². The molecule has 22 heavy (non-hydrogen) atoms. The highest BCUT2D eigenvalue weighted by Gasteiger charge is 2.28. The Morgan fingerprint density at radius 3 is 2.82 bits per heavy atom. The molecule has 6 nitrogen and oxygen atoms in total. The molecule has 1 N–H and O–H groups in total. The molecule has 0 saturated carbocycles. The Bertz CT molecular complexity index is 348. The summed E-state index contributed by atoms with van der Waals surface area (Å²) in [7, 11) is 1.79. The van der Waals surface area contributed by atoms with Gasteiger partial charge in [-0.05, 0) is 39.5 Å². The second-order valence-electron chi connectivity index (χ2n) is 5.42. The monoisotopic (exact) mass is 313 g/mol. The van der Waals surface area contributed by atoms with Gasteiger partial charge in [-0.3, -0.25) is 9.79 Å². The molecule has 0 aliphatic carbocycles. The highest BCUT2D eigenvalue weighted by atomic mass is 16.5. The van der Waals surface area contributed by atoms with Crippen molar-refractivity contribution in [2.24, 2.45) is 10.9 Å². The Morgan fingerprint density at radius 1 is 1.32 bits per heavy atom. The molecule has 0 bridgehead atoms. The number of esters is 1. The van der Waals surface area contributed by atoms with Crippen molar-refractivity contribution in [3.8, 4) is 0 Å². The first-order valence-corrected chi connectivity index (χ1v) is 8.42. The largest absolute Gasteiger partial charge is 0.466 e. The van der Waals surface area contributed by atoms with Crippen molar-refractivity contribution in [1.29, 1.82) is 0 Å². The predicted octanol–water partition coefficient (Wildman–Crippen LogP) is 1.65. The maximum Gasteiger partial charge on any atom is 0.310 e. The van der Waals surface area contributed by atoms with E-state index >= 15 is 0 Å². The fraction of sp³-hybridized carbons (Fsp3) is 0.875.